The summed E-state index contributed by atoms with van der Waals surface area (Å²) in [5.74, 6) is -3.50. The highest BCUT2D eigenvalue weighted by Gasteiger charge is 2.37. The number of benzene rings is 2. The van der Waals surface area contributed by atoms with Crippen LogP contribution in [0.2, 0.25) is 0 Å². The van der Waals surface area contributed by atoms with E-state index in [9.17, 15) is 26.8 Å². The van der Waals surface area contributed by atoms with E-state index >= 15 is 0 Å². The molecular formula is C32H36F2N4O4S. The quantitative estimate of drug-likeness (QED) is 0.410. The fourth-order valence-corrected chi connectivity index (χ4v) is 7.19. The zero-order valence-corrected chi connectivity index (χ0v) is 25.2. The third-order valence-electron chi connectivity index (χ3n) is 9.01. The standard InChI is InChI=1S/C32H36F2N4O4S/c1-36(2)43(41,42)35-30(39)23-12-13-26-27(19-23)38-20-24(31(40)37-16-14-32(33,34)15-17-37)18-22-10-6-7-11-25(22)29(38)28(26)21-8-4-3-5-9-21/h6-7,10-13,18-19,21H,3-5,8-9,14-17,20H2,1-2H3,(H,35,39). The van der Waals surface area contributed by atoms with Gasteiger partial charge in [0.15, 0.2) is 0 Å². The van der Waals surface area contributed by atoms with Crippen LogP contribution in [0, 0.1) is 0 Å². The number of halogens is 2. The molecule has 0 unspecified atom stereocenters. The van der Waals surface area contributed by atoms with Crippen molar-refractivity contribution in [2.45, 2.75) is 63.3 Å². The molecule has 3 heterocycles. The molecule has 8 nitrogen and oxygen atoms in total. The molecule has 3 aromatic rings. The molecule has 0 atom stereocenters. The summed E-state index contributed by atoms with van der Waals surface area (Å²) in [5.41, 5.74) is 5.39. The van der Waals surface area contributed by atoms with Gasteiger partial charge in [-0.3, -0.25) is 9.59 Å². The topological polar surface area (TPSA) is 91.7 Å². The molecule has 1 aliphatic carbocycles. The number of carbonyl (C=O) groups excluding carboxylic acids is 2. The Labute approximate surface area is 250 Å². The SMILES string of the molecule is CN(C)S(=O)(=O)NC(=O)c1ccc2c(C3CCCCC3)c3n(c2c1)CC(C(=O)N1CCC(F)(F)CC1)=Cc1ccccc1-3. The van der Waals surface area contributed by atoms with E-state index in [2.05, 4.69) is 9.29 Å². The molecular weight excluding hydrogens is 574 g/mol. The molecule has 11 heteroatoms. The van der Waals surface area contributed by atoms with E-state index in [1.54, 1.807) is 12.1 Å². The highest BCUT2D eigenvalue weighted by atomic mass is 32.2. The number of rotatable bonds is 5. The maximum atomic E-state index is 13.9. The molecule has 2 amide bonds. The Morgan fingerprint density at radius 1 is 1.00 bits per heavy atom. The van der Waals surface area contributed by atoms with E-state index in [1.807, 2.05) is 36.4 Å². The van der Waals surface area contributed by atoms with Crippen LogP contribution in [0.1, 0.15) is 72.3 Å². The van der Waals surface area contributed by atoms with Crippen molar-refractivity contribution in [3.05, 3.63) is 64.7 Å². The smallest absolute Gasteiger partial charge is 0.303 e. The van der Waals surface area contributed by atoms with Crippen molar-refractivity contribution in [2.75, 3.05) is 27.2 Å². The average Bonchev–Trinajstić information content (AvgIpc) is 3.19. The molecule has 1 saturated heterocycles. The number of likely N-dealkylation sites (tertiary alicyclic amines) is 1. The fourth-order valence-electron chi connectivity index (χ4n) is 6.66. The molecule has 0 radical (unpaired) electrons. The molecule has 2 aromatic carbocycles. The van der Waals surface area contributed by atoms with Crippen LogP contribution in [0.4, 0.5) is 8.78 Å². The van der Waals surface area contributed by atoms with Gasteiger partial charge in [0.05, 0.1) is 12.2 Å². The number of nitrogens with zero attached hydrogens (tertiary/aromatic N) is 3. The number of hydrogen-bond acceptors (Lipinski definition) is 4. The number of fused-ring (bicyclic) bond motifs is 5. The second-order valence-electron chi connectivity index (χ2n) is 12.0. The lowest BCUT2D eigenvalue weighted by Crippen LogP contribution is -2.43. The van der Waals surface area contributed by atoms with Gasteiger partial charge in [-0.2, -0.15) is 12.7 Å². The maximum absolute atomic E-state index is 13.9. The van der Waals surface area contributed by atoms with Gasteiger partial charge in [-0.05, 0) is 48.1 Å². The van der Waals surface area contributed by atoms with Crippen LogP contribution < -0.4 is 4.72 Å². The number of hydrogen-bond donors (Lipinski definition) is 1. The molecule has 43 heavy (non-hydrogen) atoms. The van der Waals surface area contributed by atoms with Gasteiger partial charge in [-0.15, -0.1) is 0 Å². The van der Waals surface area contributed by atoms with Gasteiger partial charge >= 0.3 is 10.2 Å². The van der Waals surface area contributed by atoms with Crippen LogP contribution >= 0.6 is 0 Å². The Morgan fingerprint density at radius 2 is 1.70 bits per heavy atom. The Morgan fingerprint density at radius 3 is 2.40 bits per heavy atom. The van der Waals surface area contributed by atoms with Crippen molar-refractivity contribution >= 4 is 39.0 Å². The summed E-state index contributed by atoms with van der Waals surface area (Å²) < 4.78 is 57.7. The monoisotopic (exact) mass is 610 g/mol. The Balaban J connectivity index is 1.51. The van der Waals surface area contributed by atoms with E-state index in [1.165, 1.54) is 31.0 Å². The van der Waals surface area contributed by atoms with Gasteiger partial charge in [0.2, 0.25) is 0 Å². The van der Waals surface area contributed by atoms with Crippen LogP contribution in [0.3, 0.4) is 0 Å². The summed E-state index contributed by atoms with van der Waals surface area (Å²) in [6, 6.07) is 13.1. The van der Waals surface area contributed by atoms with Crippen molar-refractivity contribution in [3.63, 3.8) is 0 Å². The van der Waals surface area contributed by atoms with Crippen LogP contribution in [0.5, 0.6) is 0 Å². The largest absolute Gasteiger partial charge is 0.338 e. The van der Waals surface area contributed by atoms with Gasteiger partial charge in [-0.25, -0.2) is 13.5 Å². The minimum Gasteiger partial charge on any atom is -0.338 e. The number of piperidine rings is 1. The van der Waals surface area contributed by atoms with E-state index in [-0.39, 0.29) is 49.9 Å². The Hall–Kier alpha value is -3.57. The van der Waals surface area contributed by atoms with Crippen LogP contribution in [0.15, 0.2) is 48.0 Å². The molecule has 228 valence electrons. The van der Waals surface area contributed by atoms with E-state index < -0.39 is 22.0 Å². The highest BCUT2D eigenvalue weighted by Crippen LogP contribution is 2.46. The third kappa shape index (κ3) is 5.60. The molecule has 3 aliphatic rings. The summed E-state index contributed by atoms with van der Waals surface area (Å²) >= 11 is 0. The highest BCUT2D eigenvalue weighted by molar-refractivity contribution is 7.87. The van der Waals surface area contributed by atoms with Gasteiger partial charge in [0, 0.05) is 67.6 Å². The number of nitrogens with one attached hydrogen (secondary N) is 1. The predicted molar refractivity (Wildman–Crippen MR) is 162 cm³/mol. The second kappa shape index (κ2) is 11.2. The first-order valence-electron chi connectivity index (χ1n) is 14.8. The summed E-state index contributed by atoms with van der Waals surface area (Å²) in [6.45, 7) is 0.171. The van der Waals surface area contributed by atoms with E-state index in [4.69, 9.17) is 0 Å². The van der Waals surface area contributed by atoms with Crippen LogP contribution in [-0.4, -0.2) is 67.1 Å². The Kier molecular flexibility index (Phi) is 7.66. The number of aromatic nitrogens is 1. The zero-order chi connectivity index (χ0) is 30.5. The zero-order valence-electron chi connectivity index (χ0n) is 24.4. The van der Waals surface area contributed by atoms with Crippen molar-refractivity contribution in [1.29, 1.82) is 0 Å². The molecule has 0 bridgehead atoms. The predicted octanol–water partition coefficient (Wildman–Crippen LogP) is 5.55. The van der Waals surface area contributed by atoms with Gasteiger partial charge < -0.3 is 9.47 Å². The summed E-state index contributed by atoms with van der Waals surface area (Å²) in [7, 11) is -1.32. The van der Waals surface area contributed by atoms with E-state index in [0.717, 1.165) is 57.7 Å². The van der Waals surface area contributed by atoms with Gasteiger partial charge in [-0.1, -0.05) is 49.6 Å². The normalized spacial score (nSPS) is 19.0. The Bertz CT molecular complexity index is 1730. The lowest BCUT2D eigenvalue weighted by Gasteiger charge is -2.32. The molecule has 1 N–H and O–H groups in total. The molecule has 1 aromatic heterocycles. The summed E-state index contributed by atoms with van der Waals surface area (Å²) in [4.78, 5) is 28.5. The second-order valence-corrected chi connectivity index (χ2v) is 13.9. The molecule has 0 spiro atoms. The van der Waals surface area contributed by atoms with Crippen molar-refractivity contribution in [2.24, 2.45) is 0 Å². The van der Waals surface area contributed by atoms with Crippen molar-refractivity contribution in [1.82, 2.24) is 18.5 Å². The lowest BCUT2D eigenvalue weighted by atomic mass is 9.81. The van der Waals surface area contributed by atoms with Crippen LogP contribution in [-0.2, 0) is 21.5 Å². The molecule has 2 aliphatic heterocycles. The average molecular weight is 611 g/mol. The van der Waals surface area contributed by atoms with Gasteiger partial charge in [0.25, 0.3) is 17.7 Å². The van der Waals surface area contributed by atoms with Gasteiger partial charge in [0.1, 0.15) is 0 Å². The van der Waals surface area contributed by atoms with E-state index in [0.29, 0.717) is 5.57 Å². The molecule has 2 fully saturated rings. The third-order valence-corrected chi connectivity index (χ3v) is 10.4. The number of carbonyl (C=O) groups is 2. The van der Waals surface area contributed by atoms with Crippen molar-refractivity contribution < 1.29 is 26.8 Å². The lowest BCUT2D eigenvalue weighted by molar-refractivity contribution is -0.133. The summed E-state index contributed by atoms with van der Waals surface area (Å²) in [5, 5.41) is 0.968. The minimum absolute atomic E-state index is 0.0118. The first-order chi connectivity index (χ1) is 20.4. The van der Waals surface area contributed by atoms with Crippen molar-refractivity contribution in [3.8, 4) is 11.3 Å². The first-order valence-corrected chi connectivity index (χ1v) is 16.3. The fraction of sp³-hybridized carbons (Fsp3) is 0.438. The van der Waals surface area contributed by atoms with Crippen LogP contribution in [0.25, 0.3) is 28.2 Å². The number of amides is 2. The first kappa shape index (κ1) is 29.5. The molecule has 6 rings (SSSR count). The maximum Gasteiger partial charge on any atom is 0.303 e. The molecule has 1 saturated carbocycles. The number of alkyl halides is 2. The summed E-state index contributed by atoms with van der Waals surface area (Å²) in [6.07, 6.45) is 6.61. The minimum atomic E-state index is -4.00.